The molecule has 0 spiro atoms. The Morgan fingerprint density at radius 2 is 1.57 bits per heavy atom. The Balaban J connectivity index is 1.53. The van der Waals surface area contributed by atoms with Crippen LogP contribution in [-0.4, -0.2) is 50.7 Å². The zero-order valence-electron chi connectivity index (χ0n) is 21.8. The second kappa shape index (κ2) is 9.70. The number of fused-ring (bicyclic) bond motifs is 3. The molecule has 0 unspecified atom stereocenters. The van der Waals surface area contributed by atoms with Gasteiger partial charge < -0.3 is 38.8 Å². The number of methoxy groups -OCH3 is 3. The fraction of sp³-hybridized carbons (Fsp3) is 0.321. The highest BCUT2D eigenvalue weighted by molar-refractivity contribution is 5.79. The molecule has 40 heavy (non-hydrogen) atoms. The number of carbonyl (C=O) groups excluding carboxylic acids is 1. The third-order valence-corrected chi connectivity index (χ3v) is 7.76. The van der Waals surface area contributed by atoms with Gasteiger partial charge in [-0.25, -0.2) is 0 Å². The topological polar surface area (TPSA) is 148 Å². The maximum atomic E-state index is 13.3. The van der Waals surface area contributed by atoms with E-state index in [4.69, 9.17) is 28.4 Å². The normalized spacial score (nSPS) is 22.1. The van der Waals surface area contributed by atoms with E-state index in [9.17, 15) is 20.0 Å². The number of anilines is 1. The van der Waals surface area contributed by atoms with Crippen molar-refractivity contribution in [3.8, 4) is 34.5 Å². The number of rotatable bonds is 7. The zero-order chi connectivity index (χ0) is 28.1. The summed E-state index contributed by atoms with van der Waals surface area (Å²) in [7, 11) is 4.31. The van der Waals surface area contributed by atoms with Gasteiger partial charge in [0.15, 0.2) is 23.0 Å². The first-order valence-electron chi connectivity index (χ1n) is 12.5. The van der Waals surface area contributed by atoms with Crippen LogP contribution in [0.15, 0.2) is 42.5 Å². The van der Waals surface area contributed by atoms with Crippen LogP contribution in [0.1, 0.15) is 28.7 Å². The van der Waals surface area contributed by atoms with Crippen LogP contribution >= 0.6 is 0 Å². The van der Waals surface area contributed by atoms with Gasteiger partial charge in [-0.15, -0.1) is 0 Å². The number of esters is 1. The number of cyclic esters (lactones) is 1. The number of ether oxygens (including phenoxy) is 6. The summed E-state index contributed by atoms with van der Waals surface area (Å²) in [5.41, 5.74) is 2.72. The number of hydrogen-bond acceptors (Lipinski definition) is 11. The van der Waals surface area contributed by atoms with E-state index in [2.05, 4.69) is 5.32 Å². The first-order chi connectivity index (χ1) is 19.3. The highest BCUT2D eigenvalue weighted by Gasteiger charge is 2.53. The fourth-order valence-corrected chi connectivity index (χ4v) is 5.92. The molecular formula is C28H26N2O10. The van der Waals surface area contributed by atoms with Crippen LogP contribution in [0.25, 0.3) is 0 Å². The van der Waals surface area contributed by atoms with Crippen molar-refractivity contribution in [1.82, 2.24) is 0 Å². The molecule has 0 bridgehead atoms. The lowest BCUT2D eigenvalue weighted by atomic mass is 9.65. The molecule has 1 aliphatic carbocycles. The van der Waals surface area contributed by atoms with Crippen LogP contribution in [0.5, 0.6) is 34.5 Å². The summed E-state index contributed by atoms with van der Waals surface area (Å²) in [6.07, 6.45) is 0. The van der Waals surface area contributed by atoms with Gasteiger partial charge in [-0.2, -0.15) is 0 Å². The Morgan fingerprint density at radius 3 is 2.20 bits per heavy atom. The molecule has 2 heterocycles. The number of non-ortho nitro benzene ring substituents is 1. The maximum Gasteiger partial charge on any atom is 0.310 e. The number of hydrogen-bond donors (Lipinski definition) is 2. The molecule has 3 aromatic carbocycles. The second-order valence-corrected chi connectivity index (χ2v) is 9.67. The maximum absolute atomic E-state index is 13.3. The largest absolute Gasteiger partial charge is 0.502 e. The van der Waals surface area contributed by atoms with Crippen molar-refractivity contribution in [3.05, 3.63) is 69.3 Å². The van der Waals surface area contributed by atoms with Gasteiger partial charge in [0.2, 0.25) is 12.5 Å². The van der Waals surface area contributed by atoms with Crippen LogP contribution in [-0.2, 0) is 9.53 Å². The van der Waals surface area contributed by atoms with E-state index in [1.807, 2.05) is 12.1 Å². The van der Waals surface area contributed by atoms with Crippen LogP contribution < -0.4 is 29.0 Å². The van der Waals surface area contributed by atoms with Gasteiger partial charge in [-0.1, -0.05) is 0 Å². The lowest BCUT2D eigenvalue weighted by Gasteiger charge is -2.40. The number of phenolic OH excluding ortho intramolecular Hbond substituents is 1. The van der Waals surface area contributed by atoms with Crippen molar-refractivity contribution in [2.45, 2.75) is 12.0 Å². The number of nitro benzene ring substituents is 1. The molecule has 208 valence electrons. The SMILES string of the molecule is COc1cc([N+](=O)[O-])ccc1N[C@@H]1c2cc3c(cc2[C@@H](c2cc(OC)c(O)c(OC)c2)[C@H]2C(=O)OC[C@@H]21)OCO3. The van der Waals surface area contributed by atoms with E-state index in [-0.39, 0.29) is 54.0 Å². The number of carbonyl (C=O) groups is 1. The Bertz CT molecular complexity index is 1500. The number of phenols is 1. The van der Waals surface area contributed by atoms with Crippen molar-refractivity contribution in [3.63, 3.8) is 0 Å². The third-order valence-electron chi connectivity index (χ3n) is 7.76. The van der Waals surface area contributed by atoms with Gasteiger partial charge in [-0.05, 0) is 47.0 Å². The molecule has 4 atom stereocenters. The van der Waals surface area contributed by atoms with Crippen molar-refractivity contribution in [2.75, 3.05) is 40.0 Å². The minimum atomic E-state index is -0.617. The van der Waals surface area contributed by atoms with E-state index in [0.717, 1.165) is 11.1 Å². The molecule has 3 aliphatic rings. The van der Waals surface area contributed by atoms with E-state index >= 15 is 0 Å². The van der Waals surface area contributed by atoms with Gasteiger partial charge in [0.25, 0.3) is 5.69 Å². The highest BCUT2D eigenvalue weighted by Crippen LogP contribution is 2.56. The third kappa shape index (κ3) is 3.94. The number of aromatic hydroxyl groups is 1. The Morgan fingerprint density at radius 1 is 0.925 bits per heavy atom. The number of nitrogens with zero attached hydrogens (tertiary/aromatic N) is 1. The molecule has 0 saturated carbocycles. The highest BCUT2D eigenvalue weighted by atomic mass is 16.7. The lowest BCUT2D eigenvalue weighted by Crippen LogP contribution is -2.37. The summed E-state index contributed by atoms with van der Waals surface area (Å²) < 4.78 is 33.3. The molecule has 1 fully saturated rings. The first kappa shape index (κ1) is 25.4. The molecule has 0 amide bonds. The van der Waals surface area contributed by atoms with Gasteiger partial charge in [0.1, 0.15) is 5.75 Å². The molecule has 6 rings (SSSR count). The summed E-state index contributed by atoms with van der Waals surface area (Å²) in [5, 5.41) is 25.3. The molecule has 0 aromatic heterocycles. The van der Waals surface area contributed by atoms with E-state index < -0.39 is 22.8 Å². The number of benzene rings is 3. The average molecular weight is 551 g/mol. The molecule has 2 N–H and O–H groups in total. The van der Waals surface area contributed by atoms with Crippen LogP contribution in [0.4, 0.5) is 11.4 Å². The van der Waals surface area contributed by atoms with Crippen molar-refractivity contribution in [2.24, 2.45) is 11.8 Å². The summed E-state index contributed by atoms with van der Waals surface area (Å²) in [4.78, 5) is 24.2. The smallest absolute Gasteiger partial charge is 0.310 e. The Labute approximate surface area is 228 Å². The summed E-state index contributed by atoms with van der Waals surface area (Å²) in [6.45, 7) is 0.208. The minimum absolute atomic E-state index is 0.0624. The molecule has 2 aliphatic heterocycles. The monoisotopic (exact) mass is 550 g/mol. The predicted octanol–water partition coefficient (Wildman–Crippen LogP) is 4.14. The first-order valence-corrected chi connectivity index (χ1v) is 12.5. The minimum Gasteiger partial charge on any atom is -0.502 e. The van der Waals surface area contributed by atoms with Gasteiger partial charge in [0.05, 0.1) is 56.6 Å². The summed E-state index contributed by atoms with van der Waals surface area (Å²) in [6, 6.07) is 11.0. The van der Waals surface area contributed by atoms with Crippen LogP contribution in [0, 0.1) is 22.0 Å². The second-order valence-electron chi connectivity index (χ2n) is 9.67. The number of nitrogens with one attached hydrogen (secondary N) is 1. The molecule has 12 nitrogen and oxygen atoms in total. The molecule has 3 aromatic rings. The quantitative estimate of drug-likeness (QED) is 0.248. The van der Waals surface area contributed by atoms with Gasteiger partial charge >= 0.3 is 5.97 Å². The Kier molecular flexibility index (Phi) is 6.16. The van der Waals surface area contributed by atoms with Crippen molar-refractivity contribution >= 4 is 17.3 Å². The van der Waals surface area contributed by atoms with Gasteiger partial charge in [-0.3, -0.25) is 14.9 Å². The van der Waals surface area contributed by atoms with Gasteiger partial charge in [0, 0.05) is 17.9 Å². The van der Waals surface area contributed by atoms with Crippen LogP contribution in [0.3, 0.4) is 0 Å². The standard InChI is InChI=1S/C28H26N2O10/c1-35-19-8-14(30(33)34)4-5-18(19)29-26-16-10-21-20(39-12-40-21)9-15(16)24(25-17(26)11-38-28(25)32)13-6-22(36-2)27(31)23(7-13)37-3/h4-10,17,24-26,29,31H,11-12H2,1-3H3/t17-,24+,25-,26+/m0/s1. The van der Waals surface area contributed by atoms with Crippen LogP contribution in [0.2, 0.25) is 0 Å². The predicted molar refractivity (Wildman–Crippen MR) is 140 cm³/mol. The van der Waals surface area contributed by atoms with E-state index in [1.54, 1.807) is 18.2 Å². The zero-order valence-corrected chi connectivity index (χ0v) is 21.8. The molecular weight excluding hydrogens is 524 g/mol. The Hall–Kier alpha value is -4.87. The average Bonchev–Trinajstić information content (AvgIpc) is 3.58. The van der Waals surface area contributed by atoms with E-state index in [1.165, 1.54) is 33.5 Å². The lowest BCUT2D eigenvalue weighted by molar-refractivity contribution is -0.384. The van der Waals surface area contributed by atoms with Crippen molar-refractivity contribution in [1.29, 1.82) is 0 Å². The fourth-order valence-electron chi connectivity index (χ4n) is 5.92. The number of nitro groups is 1. The molecule has 1 saturated heterocycles. The summed E-state index contributed by atoms with van der Waals surface area (Å²) in [5.74, 6) is -0.173. The molecule has 12 heteroatoms. The van der Waals surface area contributed by atoms with E-state index in [0.29, 0.717) is 22.7 Å². The summed E-state index contributed by atoms with van der Waals surface area (Å²) >= 11 is 0. The van der Waals surface area contributed by atoms with Crippen molar-refractivity contribution < 1.29 is 43.2 Å². The molecule has 0 radical (unpaired) electrons.